The fourth-order valence-electron chi connectivity index (χ4n) is 2.12. The average Bonchev–Trinajstić information content (AvgIpc) is 2.85. The molecule has 0 fully saturated rings. The minimum absolute atomic E-state index is 0.845. The third-order valence-corrected chi connectivity index (χ3v) is 3.67. The van der Waals surface area contributed by atoms with E-state index in [9.17, 15) is 0 Å². The van der Waals surface area contributed by atoms with E-state index in [1.54, 1.807) is 18.9 Å². The number of nitrogens with zero attached hydrogens (tertiary/aromatic N) is 2. The quantitative estimate of drug-likeness (QED) is 0.678. The van der Waals surface area contributed by atoms with Crippen molar-refractivity contribution in [2.24, 2.45) is 0 Å². The number of fused-ring (bicyclic) bond motifs is 1. The summed E-state index contributed by atoms with van der Waals surface area (Å²) in [7, 11) is 1.68. The lowest BCUT2D eigenvalue weighted by molar-refractivity contribution is 0.415. The molecule has 1 aromatic heterocycles. The van der Waals surface area contributed by atoms with Crippen LogP contribution in [0.4, 0.5) is 0 Å². The molecule has 19 heavy (non-hydrogen) atoms. The lowest BCUT2D eigenvalue weighted by Gasteiger charge is -2.08. The van der Waals surface area contributed by atoms with Gasteiger partial charge < -0.3 is 4.74 Å². The van der Waals surface area contributed by atoms with E-state index in [2.05, 4.69) is 21.7 Å². The van der Waals surface area contributed by atoms with Gasteiger partial charge in [-0.1, -0.05) is 30.0 Å². The number of rotatable bonds is 3. The molecule has 2 aromatic carbocycles. The van der Waals surface area contributed by atoms with Crippen molar-refractivity contribution in [3.05, 3.63) is 48.5 Å². The van der Waals surface area contributed by atoms with Crippen LogP contribution in [0.15, 0.2) is 53.7 Å². The van der Waals surface area contributed by atoms with Crippen LogP contribution >= 0.6 is 11.8 Å². The Bertz CT molecular complexity index is 707. The molecule has 0 spiro atoms. The highest BCUT2D eigenvalue weighted by Gasteiger charge is 2.12. The minimum atomic E-state index is 0.845. The Hall–Kier alpha value is -1.94. The van der Waals surface area contributed by atoms with Gasteiger partial charge in [0.2, 0.25) is 0 Å². The standard InChI is InChI=1S/C15H14N2OS/c1-18-12-8-9-13-14(10-12)17(15(16-13)19-2)11-6-4-3-5-7-11/h3-10H,1-2H3. The molecular formula is C15H14N2OS. The number of hydrogen-bond donors (Lipinski definition) is 0. The number of aromatic nitrogens is 2. The van der Waals surface area contributed by atoms with Gasteiger partial charge >= 0.3 is 0 Å². The molecular weight excluding hydrogens is 256 g/mol. The maximum absolute atomic E-state index is 5.31. The van der Waals surface area contributed by atoms with Gasteiger partial charge in [0.1, 0.15) is 5.75 Å². The van der Waals surface area contributed by atoms with Crippen LogP contribution in [0.1, 0.15) is 0 Å². The Morgan fingerprint density at radius 2 is 1.89 bits per heavy atom. The highest BCUT2D eigenvalue weighted by molar-refractivity contribution is 7.98. The normalized spacial score (nSPS) is 10.8. The van der Waals surface area contributed by atoms with E-state index in [1.165, 1.54) is 0 Å². The molecule has 0 unspecified atom stereocenters. The SMILES string of the molecule is COc1ccc2nc(SC)n(-c3ccccc3)c2c1. The molecule has 96 valence electrons. The van der Waals surface area contributed by atoms with Crippen molar-refractivity contribution in [3.63, 3.8) is 0 Å². The Labute approximate surface area is 116 Å². The maximum atomic E-state index is 5.31. The number of ether oxygens (including phenoxy) is 1. The molecule has 4 heteroatoms. The minimum Gasteiger partial charge on any atom is -0.497 e. The topological polar surface area (TPSA) is 27.1 Å². The van der Waals surface area contributed by atoms with E-state index in [-0.39, 0.29) is 0 Å². The van der Waals surface area contributed by atoms with Crippen LogP contribution in [0.25, 0.3) is 16.7 Å². The molecule has 0 atom stereocenters. The van der Waals surface area contributed by atoms with Gasteiger partial charge in [-0.25, -0.2) is 4.98 Å². The zero-order valence-corrected chi connectivity index (χ0v) is 11.6. The van der Waals surface area contributed by atoms with Crippen molar-refractivity contribution in [1.29, 1.82) is 0 Å². The van der Waals surface area contributed by atoms with Gasteiger partial charge in [-0.3, -0.25) is 4.57 Å². The summed E-state index contributed by atoms with van der Waals surface area (Å²) in [6.07, 6.45) is 2.04. The van der Waals surface area contributed by atoms with Crippen LogP contribution in [-0.2, 0) is 0 Å². The second-order valence-corrected chi connectivity index (χ2v) is 4.90. The van der Waals surface area contributed by atoms with Crippen molar-refractivity contribution < 1.29 is 4.74 Å². The van der Waals surface area contributed by atoms with Gasteiger partial charge in [0, 0.05) is 11.8 Å². The van der Waals surface area contributed by atoms with Gasteiger partial charge in [-0.15, -0.1) is 0 Å². The number of methoxy groups -OCH3 is 1. The highest BCUT2D eigenvalue weighted by Crippen LogP contribution is 2.29. The zero-order chi connectivity index (χ0) is 13.2. The predicted molar refractivity (Wildman–Crippen MR) is 79.4 cm³/mol. The molecule has 0 amide bonds. The molecule has 0 radical (unpaired) electrons. The molecule has 0 saturated carbocycles. The Morgan fingerprint density at radius 3 is 2.58 bits per heavy atom. The summed E-state index contributed by atoms with van der Waals surface area (Å²) in [6, 6.07) is 16.2. The lowest BCUT2D eigenvalue weighted by atomic mass is 10.2. The molecule has 3 nitrogen and oxygen atoms in total. The van der Waals surface area contributed by atoms with E-state index in [0.717, 1.165) is 27.6 Å². The largest absolute Gasteiger partial charge is 0.497 e. The second-order valence-electron chi connectivity index (χ2n) is 4.12. The molecule has 0 saturated heterocycles. The van der Waals surface area contributed by atoms with E-state index in [4.69, 9.17) is 4.74 Å². The molecule has 0 aliphatic heterocycles. The average molecular weight is 270 g/mol. The Balaban J connectivity index is 2.31. The fraction of sp³-hybridized carbons (Fsp3) is 0.133. The Kier molecular flexibility index (Phi) is 3.17. The van der Waals surface area contributed by atoms with Gasteiger partial charge in [-0.05, 0) is 30.5 Å². The third kappa shape index (κ3) is 2.08. The molecule has 3 rings (SSSR count). The summed E-state index contributed by atoms with van der Waals surface area (Å²) in [5.74, 6) is 0.845. The van der Waals surface area contributed by atoms with Crippen LogP contribution in [0.2, 0.25) is 0 Å². The number of imidazole rings is 1. The van der Waals surface area contributed by atoms with Crippen molar-refractivity contribution in [3.8, 4) is 11.4 Å². The first-order valence-corrected chi connectivity index (χ1v) is 7.22. The van der Waals surface area contributed by atoms with Crippen LogP contribution in [0.3, 0.4) is 0 Å². The first-order valence-electron chi connectivity index (χ1n) is 5.99. The first kappa shape index (κ1) is 12.1. The first-order chi connectivity index (χ1) is 9.33. The number of benzene rings is 2. The highest BCUT2D eigenvalue weighted by atomic mass is 32.2. The molecule has 0 aliphatic carbocycles. The van der Waals surface area contributed by atoms with Crippen molar-refractivity contribution in [1.82, 2.24) is 9.55 Å². The summed E-state index contributed by atoms with van der Waals surface area (Å²) in [5, 5.41) is 0.981. The second kappa shape index (κ2) is 4.97. The molecule has 3 aromatic rings. The summed E-state index contributed by atoms with van der Waals surface area (Å²) in [6.45, 7) is 0. The van der Waals surface area contributed by atoms with E-state index >= 15 is 0 Å². The van der Waals surface area contributed by atoms with E-state index in [0.29, 0.717) is 0 Å². The van der Waals surface area contributed by atoms with Gasteiger partial charge in [0.15, 0.2) is 5.16 Å². The van der Waals surface area contributed by atoms with Crippen molar-refractivity contribution in [2.75, 3.05) is 13.4 Å². The predicted octanol–water partition coefficient (Wildman–Crippen LogP) is 3.76. The smallest absolute Gasteiger partial charge is 0.173 e. The van der Waals surface area contributed by atoms with Crippen LogP contribution in [0.5, 0.6) is 5.75 Å². The van der Waals surface area contributed by atoms with E-state index in [1.807, 2.05) is 42.7 Å². The molecule has 1 heterocycles. The third-order valence-electron chi connectivity index (χ3n) is 3.03. The number of hydrogen-bond acceptors (Lipinski definition) is 3. The fourth-order valence-corrected chi connectivity index (χ4v) is 2.70. The summed E-state index contributed by atoms with van der Waals surface area (Å²) >= 11 is 1.64. The van der Waals surface area contributed by atoms with Gasteiger partial charge in [0.25, 0.3) is 0 Å². The number of thioether (sulfide) groups is 1. The zero-order valence-electron chi connectivity index (χ0n) is 10.8. The monoisotopic (exact) mass is 270 g/mol. The summed E-state index contributed by atoms with van der Waals surface area (Å²) in [4.78, 5) is 4.65. The van der Waals surface area contributed by atoms with Crippen LogP contribution in [-0.4, -0.2) is 22.9 Å². The maximum Gasteiger partial charge on any atom is 0.173 e. The lowest BCUT2D eigenvalue weighted by Crippen LogP contribution is -1.95. The molecule has 0 bridgehead atoms. The van der Waals surface area contributed by atoms with Gasteiger partial charge in [0.05, 0.1) is 18.1 Å². The summed E-state index contributed by atoms with van der Waals surface area (Å²) < 4.78 is 7.46. The van der Waals surface area contributed by atoms with Crippen molar-refractivity contribution in [2.45, 2.75) is 5.16 Å². The van der Waals surface area contributed by atoms with Crippen molar-refractivity contribution >= 4 is 22.8 Å². The Morgan fingerprint density at radius 1 is 1.11 bits per heavy atom. The van der Waals surface area contributed by atoms with Crippen LogP contribution < -0.4 is 4.74 Å². The molecule has 0 aliphatic rings. The summed E-state index contributed by atoms with van der Waals surface area (Å²) in [5.41, 5.74) is 3.16. The van der Waals surface area contributed by atoms with Gasteiger partial charge in [-0.2, -0.15) is 0 Å². The molecule has 0 N–H and O–H groups in total. The van der Waals surface area contributed by atoms with Crippen LogP contribution in [0, 0.1) is 0 Å². The van der Waals surface area contributed by atoms with E-state index < -0.39 is 0 Å². The number of para-hydroxylation sites is 1.